The van der Waals surface area contributed by atoms with Crippen molar-refractivity contribution in [3.05, 3.63) is 47.5 Å². The van der Waals surface area contributed by atoms with Gasteiger partial charge in [-0.3, -0.25) is 0 Å². The number of benzene rings is 1. The zero-order valence-electron chi connectivity index (χ0n) is 9.81. The zero-order valence-corrected chi connectivity index (χ0v) is 9.81. The summed E-state index contributed by atoms with van der Waals surface area (Å²) in [5.74, 6) is 1.64. The van der Waals surface area contributed by atoms with Crippen molar-refractivity contribution in [2.24, 2.45) is 12.8 Å². The largest absolute Gasteiger partial charge is 0.316 e. The third kappa shape index (κ3) is 1.61. The maximum Gasteiger partial charge on any atom is 0.157 e. The van der Waals surface area contributed by atoms with Gasteiger partial charge in [-0.2, -0.15) is 0 Å². The molecule has 0 saturated heterocycles. The van der Waals surface area contributed by atoms with Crippen LogP contribution in [0, 0.1) is 6.92 Å². The van der Waals surface area contributed by atoms with E-state index < -0.39 is 5.54 Å². The molecule has 0 radical (unpaired) electrons. The van der Waals surface area contributed by atoms with Gasteiger partial charge in [0.15, 0.2) is 5.82 Å². The van der Waals surface area contributed by atoms with E-state index in [1.54, 1.807) is 0 Å². The molecule has 16 heavy (non-hydrogen) atoms. The molecule has 2 rings (SSSR count). The number of hydrogen-bond acceptors (Lipinski definition) is 3. The smallest absolute Gasteiger partial charge is 0.157 e. The van der Waals surface area contributed by atoms with Gasteiger partial charge in [0.2, 0.25) is 0 Å². The summed E-state index contributed by atoms with van der Waals surface area (Å²) in [6.07, 6.45) is 0. The van der Waals surface area contributed by atoms with E-state index in [0.717, 1.165) is 17.2 Å². The molecule has 0 aliphatic rings. The molecule has 0 aliphatic heterocycles. The van der Waals surface area contributed by atoms with Crippen molar-refractivity contribution in [1.29, 1.82) is 0 Å². The predicted molar refractivity (Wildman–Crippen MR) is 62.8 cm³/mol. The fourth-order valence-electron chi connectivity index (χ4n) is 1.77. The third-order valence-corrected chi connectivity index (χ3v) is 2.93. The Morgan fingerprint density at radius 1 is 1.19 bits per heavy atom. The Morgan fingerprint density at radius 2 is 1.81 bits per heavy atom. The molecule has 4 nitrogen and oxygen atoms in total. The summed E-state index contributed by atoms with van der Waals surface area (Å²) in [4.78, 5) is 0. The highest BCUT2D eigenvalue weighted by atomic mass is 15.3. The van der Waals surface area contributed by atoms with Crippen molar-refractivity contribution < 1.29 is 0 Å². The number of nitrogens with two attached hydrogens (primary N) is 1. The molecule has 1 heterocycles. The maximum absolute atomic E-state index is 6.35. The fourth-order valence-corrected chi connectivity index (χ4v) is 1.77. The van der Waals surface area contributed by atoms with Crippen LogP contribution < -0.4 is 5.73 Å². The number of aromatic nitrogens is 3. The molecule has 0 aliphatic carbocycles. The normalized spacial score (nSPS) is 14.8. The minimum atomic E-state index is -0.614. The Labute approximate surface area is 95.1 Å². The molecule has 0 fully saturated rings. The lowest BCUT2D eigenvalue weighted by atomic mass is 9.92. The van der Waals surface area contributed by atoms with Crippen LogP contribution in [0.4, 0.5) is 0 Å². The molecule has 2 N–H and O–H groups in total. The molecule has 84 valence electrons. The first-order chi connectivity index (χ1) is 7.53. The van der Waals surface area contributed by atoms with Crippen molar-refractivity contribution in [1.82, 2.24) is 14.8 Å². The average Bonchev–Trinajstić information content (AvgIpc) is 2.61. The van der Waals surface area contributed by atoms with Crippen LogP contribution in [0.5, 0.6) is 0 Å². The average molecular weight is 216 g/mol. The number of rotatable bonds is 2. The fraction of sp³-hybridized carbons (Fsp3) is 0.333. The lowest BCUT2D eigenvalue weighted by Crippen LogP contribution is -2.37. The number of nitrogens with zero attached hydrogens (tertiary/aromatic N) is 3. The minimum absolute atomic E-state index is 0.614. The van der Waals surface area contributed by atoms with E-state index in [1.165, 1.54) is 0 Å². The number of hydrogen-bond donors (Lipinski definition) is 1. The molecular formula is C12H16N4. The van der Waals surface area contributed by atoms with Crippen LogP contribution in [-0.2, 0) is 12.6 Å². The first-order valence-corrected chi connectivity index (χ1v) is 5.24. The van der Waals surface area contributed by atoms with Crippen LogP contribution in [0.1, 0.15) is 24.1 Å². The van der Waals surface area contributed by atoms with Crippen LogP contribution >= 0.6 is 0 Å². The molecule has 0 spiro atoms. The summed E-state index contributed by atoms with van der Waals surface area (Å²) < 4.78 is 1.92. The quantitative estimate of drug-likeness (QED) is 0.824. The third-order valence-electron chi connectivity index (χ3n) is 2.93. The van der Waals surface area contributed by atoms with Crippen molar-refractivity contribution >= 4 is 0 Å². The SMILES string of the molecule is Cc1nnc(C(C)(N)c2ccccc2)n1C. The predicted octanol–water partition coefficient (Wildman–Crippen LogP) is 1.35. The van der Waals surface area contributed by atoms with E-state index in [-0.39, 0.29) is 0 Å². The van der Waals surface area contributed by atoms with Crippen LogP contribution in [-0.4, -0.2) is 14.8 Å². The molecule has 1 aromatic heterocycles. The highest BCUT2D eigenvalue weighted by molar-refractivity contribution is 5.30. The summed E-state index contributed by atoms with van der Waals surface area (Å²) in [6, 6.07) is 9.93. The molecule has 0 saturated carbocycles. The maximum atomic E-state index is 6.35. The van der Waals surface area contributed by atoms with E-state index in [4.69, 9.17) is 5.73 Å². The van der Waals surface area contributed by atoms with E-state index >= 15 is 0 Å². The van der Waals surface area contributed by atoms with Crippen molar-refractivity contribution in [3.8, 4) is 0 Å². The summed E-state index contributed by atoms with van der Waals surface area (Å²) in [5.41, 5.74) is 6.77. The van der Waals surface area contributed by atoms with Gasteiger partial charge in [0.25, 0.3) is 0 Å². The van der Waals surface area contributed by atoms with E-state index in [2.05, 4.69) is 10.2 Å². The standard InChI is InChI=1S/C12H16N4/c1-9-14-15-11(16(9)3)12(2,13)10-7-5-4-6-8-10/h4-8H,13H2,1-3H3. The second-order valence-corrected chi connectivity index (χ2v) is 4.20. The lowest BCUT2D eigenvalue weighted by molar-refractivity contribution is 0.530. The van der Waals surface area contributed by atoms with Gasteiger partial charge >= 0.3 is 0 Å². The lowest BCUT2D eigenvalue weighted by Gasteiger charge is -2.24. The highest BCUT2D eigenvalue weighted by Gasteiger charge is 2.29. The van der Waals surface area contributed by atoms with E-state index in [1.807, 2.05) is 55.8 Å². The van der Waals surface area contributed by atoms with E-state index in [9.17, 15) is 0 Å². The minimum Gasteiger partial charge on any atom is -0.316 e. The topological polar surface area (TPSA) is 56.7 Å². The Hall–Kier alpha value is -1.68. The molecule has 1 atom stereocenters. The Morgan fingerprint density at radius 3 is 2.31 bits per heavy atom. The zero-order chi connectivity index (χ0) is 11.8. The molecule has 1 aromatic carbocycles. The van der Waals surface area contributed by atoms with Gasteiger partial charge in [0.05, 0.1) is 5.54 Å². The van der Waals surface area contributed by atoms with Crippen molar-refractivity contribution in [2.45, 2.75) is 19.4 Å². The van der Waals surface area contributed by atoms with Crippen LogP contribution in [0.25, 0.3) is 0 Å². The van der Waals surface area contributed by atoms with Gasteiger partial charge in [-0.1, -0.05) is 30.3 Å². The van der Waals surface area contributed by atoms with Crippen molar-refractivity contribution in [3.63, 3.8) is 0 Å². The van der Waals surface area contributed by atoms with E-state index in [0.29, 0.717) is 0 Å². The molecule has 2 aromatic rings. The second kappa shape index (κ2) is 3.72. The highest BCUT2D eigenvalue weighted by Crippen LogP contribution is 2.24. The monoisotopic (exact) mass is 216 g/mol. The summed E-state index contributed by atoms with van der Waals surface area (Å²) in [5, 5.41) is 8.19. The molecular weight excluding hydrogens is 200 g/mol. The van der Waals surface area contributed by atoms with Gasteiger partial charge in [0, 0.05) is 7.05 Å². The molecule has 0 bridgehead atoms. The van der Waals surface area contributed by atoms with Crippen LogP contribution in [0.3, 0.4) is 0 Å². The van der Waals surface area contributed by atoms with Crippen LogP contribution in [0.2, 0.25) is 0 Å². The molecule has 1 unspecified atom stereocenters. The Bertz CT molecular complexity index is 485. The summed E-state index contributed by atoms with van der Waals surface area (Å²) in [6.45, 7) is 3.86. The second-order valence-electron chi connectivity index (χ2n) is 4.20. The van der Waals surface area contributed by atoms with Gasteiger partial charge in [-0.05, 0) is 19.4 Å². The van der Waals surface area contributed by atoms with Gasteiger partial charge in [-0.25, -0.2) is 0 Å². The van der Waals surface area contributed by atoms with Gasteiger partial charge < -0.3 is 10.3 Å². The Balaban J connectivity index is 2.51. The first-order valence-electron chi connectivity index (χ1n) is 5.24. The molecule has 0 amide bonds. The molecule has 4 heteroatoms. The van der Waals surface area contributed by atoms with Gasteiger partial charge in [-0.15, -0.1) is 10.2 Å². The number of aryl methyl sites for hydroxylation is 1. The van der Waals surface area contributed by atoms with Crippen LogP contribution in [0.15, 0.2) is 30.3 Å². The summed E-state index contributed by atoms with van der Waals surface area (Å²) >= 11 is 0. The first kappa shape index (κ1) is 10.8. The van der Waals surface area contributed by atoms with Gasteiger partial charge in [0.1, 0.15) is 5.82 Å². The Kier molecular flexibility index (Phi) is 2.52. The summed E-state index contributed by atoms with van der Waals surface area (Å²) in [7, 11) is 1.93. The van der Waals surface area contributed by atoms with Crippen molar-refractivity contribution in [2.75, 3.05) is 0 Å².